The molecule has 606 valence electrons. The van der Waals surface area contributed by atoms with Gasteiger partial charge < -0.3 is 83.9 Å². The van der Waals surface area contributed by atoms with Gasteiger partial charge in [-0.2, -0.15) is 0 Å². The first-order chi connectivity index (χ1) is 53.2. The summed E-state index contributed by atoms with van der Waals surface area (Å²) in [4.78, 5) is 0. The number of ether oxygens (including phenoxy) is 8. The Hall–Kier alpha value is -9.78. The zero-order chi connectivity index (χ0) is 82.0. The molecule has 0 aliphatic rings. The molecule has 0 fully saturated rings. The summed E-state index contributed by atoms with van der Waals surface area (Å²) in [5, 5.41) is 83.0. The van der Waals surface area contributed by atoms with E-state index in [-0.39, 0.29) is 55.2 Å². The second-order valence-electron chi connectivity index (χ2n) is 25.5. The van der Waals surface area contributed by atoms with Crippen LogP contribution in [-0.2, 0) is 84.2 Å². The number of aliphatic hydroxyl groups excluding tert-OH is 4. The number of phenols is 5. The molecule has 0 aromatic heterocycles. The second-order valence-corrected chi connectivity index (χ2v) is 25.5. The molecule has 0 atom stereocenters. The van der Waals surface area contributed by atoms with Gasteiger partial charge in [0.15, 0.2) is 46.0 Å². The van der Waals surface area contributed by atoms with E-state index < -0.39 is 0 Å². The van der Waals surface area contributed by atoms with E-state index in [1.165, 1.54) is 34.2 Å². The van der Waals surface area contributed by atoms with E-state index >= 15 is 0 Å². The van der Waals surface area contributed by atoms with Crippen LogP contribution in [0.4, 0.5) is 0 Å². The largest absolute Gasteiger partial charge is 0.508 e. The van der Waals surface area contributed by atoms with Crippen LogP contribution in [0.15, 0.2) is 170 Å². The number of hydrogen-bond donors (Lipinski definition) is 9. The van der Waals surface area contributed by atoms with Crippen LogP contribution in [0.5, 0.6) is 74.7 Å². The normalized spacial score (nSPS) is 9.94. The van der Waals surface area contributed by atoms with Crippen LogP contribution in [0.25, 0.3) is 0 Å². The lowest BCUT2D eigenvalue weighted by atomic mass is 10.0. The highest BCUT2D eigenvalue weighted by atomic mass is 16.5. The Morgan fingerprint density at radius 2 is 0.609 bits per heavy atom. The first-order valence-electron chi connectivity index (χ1n) is 38.5. The molecule has 17 nitrogen and oxygen atoms in total. The molecule has 0 spiro atoms. The Bertz CT molecular complexity index is 3870. The van der Waals surface area contributed by atoms with Crippen molar-refractivity contribution in [2.45, 2.75) is 204 Å². The molecule has 0 radical (unpaired) electrons. The predicted molar refractivity (Wildman–Crippen MR) is 448 cm³/mol. The van der Waals surface area contributed by atoms with Crippen molar-refractivity contribution in [2.24, 2.45) is 0 Å². The first kappa shape index (κ1) is 98.2. The van der Waals surface area contributed by atoms with Crippen LogP contribution < -0.4 is 37.9 Å². The van der Waals surface area contributed by atoms with Gasteiger partial charge in [0.05, 0.1) is 83.3 Å². The van der Waals surface area contributed by atoms with Crippen molar-refractivity contribution >= 4 is 0 Å². The molecule has 0 bridgehead atoms. The summed E-state index contributed by atoms with van der Waals surface area (Å²) in [5.74, 6) is 6.92. The van der Waals surface area contributed by atoms with Gasteiger partial charge in [-0.1, -0.05) is 199 Å². The van der Waals surface area contributed by atoms with Gasteiger partial charge in [0.1, 0.15) is 28.7 Å². The SMILES string of the molecule is CCCc1ccc(O)c(OC)c1.CCCc1ccc(O)cc1CO.CCCc1ccc(OC)c(O)c1.CCCc1ccc(OC)c(OC)c1.CCCc1ccc(OC)cc1.CCCc1ccc(OC)cc1CO.CCCc1cccc(O)c1CO.CCCc1cccc(OC)c1CO.CCCc1cccc(OC)c1O. The monoisotopic (exact) mass is 1520 g/mol. The molecule has 110 heavy (non-hydrogen) atoms. The van der Waals surface area contributed by atoms with Crippen LogP contribution >= 0.6 is 0 Å². The Morgan fingerprint density at radius 1 is 0.227 bits per heavy atom. The molecule has 0 aliphatic heterocycles. The van der Waals surface area contributed by atoms with Gasteiger partial charge in [-0.05, 0) is 210 Å². The third-order valence-corrected chi connectivity index (χ3v) is 17.1. The quantitative estimate of drug-likeness (QED) is 0.0203. The molecule has 9 N–H and O–H groups in total. The Morgan fingerprint density at radius 3 is 1.07 bits per heavy atom. The van der Waals surface area contributed by atoms with Gasteiger partial charge in [0.2, 0.25) is 0 Å². The van der Waals surface area contributed by atoms with Crippen molar-refractivity contribution in [3.8, 4) is 74.7 Å². The summed E-state index contributed by atoms with van der Waals surface area (Å²) in [6, 6.07) is 53.1. The molecule has 0 unspecified atom stereocenters. The van der Waals surface area contributed by atoms with Crippen LogP contribution in [0.3, 0.4) is 0 Å². The number of hydrogen-bond acceptors (Lipinski definition) is 17. The van der Waals surface area contributed by atoms with E-state index in [2.05, 4.69) is 80.5 Å². The van der Waals surface area contributed by atoms with Crippen molar-refractivity contribution in [3.05, 3.63) is 242 Å². The number of rotatable bonds is 30. The lowest BCUT2D eigenvalue weighted by molar-refractivity contribution is 0.272. The smallest absolute Gasteiger partial charge is 0.160 e. The standard InChI is InChI=1S/3C11H16O2.5C10H14O2.C10H14O/c1-4-5-9-6-7-10(12-2)11(8-9)13-3;1-3-5-9-6-4-7-11(13-2)10(9)8-12;1-3-4-9-5-6-11(13-2)7-10(9)8-12;1-3-5-8-6-4-7-9(12-2)10(8)11;1-3-4-8-5-6-10(12-2)9(11)7-8;1-3-4-8-5-6-9(11)10(7-8)12-2;1-2-4-8-5-3-6-10(12)9(8)7-11;1-2-3-8-4-5-10(12)6-9(8)7-11;1-3-4-9-5-7-10(11-2)8-6-9/h6-8H,4-5H2,1-3H3;4,6-7,12H,3,5,8H2,1-2H3;5-7,12H,3-4,8H2,1-2H3;4,6-7,11H,3,5H2,1-2H3;2*5-7,11H,3-4H2,1-2H3;3,5-6,11-12H,2,4,7H2,1H3;4-6,11-12H,2-3,7H2,1H3;5-8H,3-4H2,1-2H3. The molecule has 0 saturated heterocycles. The molecule has 9 aromatic carbocycles. The third-order valence-electron chi connectivity index (χ3n) is 17.1. The van der Waals surface area contributed by atoms with E-state index in [4.69, 9.17) is 58.3 Å². The van der Waals surface area contributed by atoms with Crippen LogP contribution in [0.2, 0.25) is 0 Å². The maximum Gasteiger partial charge on any atom is 0.160 e. The number of benzene rings is 9. The minimum atomic E-state index is -0.0813. The van der Waals surface area contributed by atoms with Gasteiger partial charge in [0, 0.05) is 11.1 Å². The van der Waals surface area contributed by atoms with E-state index in [0.717, 1.165) is 177 Å². The van der Waals surface area contributed by atoms with E-state index in [1.54, 1.807) is 105 Å². The highest BCUT2D eigenvalue weighted by Gasteiger charge is 2.11. The topological polar surface area (TPSA) is 256 Å². The zero-order valence-corrected chi connectivity index (χ0v) is 69.0. The number of aliphatic hydroxyl groups is 4. The summed E-state index contributed by atoms with van der Waals surface area (Å²) >= 11 is 0. The molecule has 0 amide bonds. The minimum Gasteiger partial charge on any atom is -0.508 e. The molecule has 9 aromatic rings. The Kier molecular flexibility index (Phi) is 53.7. The maximum atomic E-state index is 9.59. The summed E-state index contributed by atoms with van der Waals surface area (Å²) in [6.45, 7) is 19.2. The summed E-state index contributed by atoms with van der Waals surface area (Å²) in [7, 11) is 12.9. The highest BCUT2D eigenvalue weighted by Crippen LogP contribution is 2.32. The molecule has 0 saturated carbocycles. The fourth-order valence-electron chi connectivity index (χ4n) is 11.4. The average molecular weight is 1520 g/mol. The molecular weight excluding hydrogens is 1390 g/mol. The fourth-order valence-corrected chi connectivity index (χ4v) is 11.4. The fraction of sp³-hybridized carbons (Fsp3) is 0.419. The number of methoxy groups -OCH3 is 8. The molecule has 9 rings (SSSR count). The lowest BCUT2D eigenvalue weighted by Gasteiger charge is -2.10. The molecule has 0 aliphatic carbocycles. The van der Waals surface area contributed by atoms with Crippen LogP contribution in [0.1, 0.15) is 192 Å². The van der Waals surface area contributed by atoms with Crippen molar-refractivity contribution in [1.82, 2.24) is 0 Å². The Balaban J connectivity index is 0.000000619. The summed E-state index contributed by atoms with van der Waals surface area (Å²) in [5.41, 5.74) is 13.9. The Labute approximate surface area is 658 Å². The maximum absolute atomic E-state index is 9.59. The van der Waals surface area contributed by atoms with Crippen molar-refractivity contribution in [3.63, 3.8) is 0 Å². The van der Waals surface area contributed by atoms with Gasteiger partial charge in [-0.3, -0.25) is 0 Å². The van der Waals surface area contributed by atoms with Gasteiger partial charge in [-0.15, -0.1) is 0 Å². The highest BCUT2D eigenvalue weighted by molar-refractivity contribution is 5.47. The number of para-hydroxylation sites is 1. The lowest BCUT2D eigenvalue weighted by Crippen LogP contribution is -1.97. The van der Waals surface area contributed by atoms with Gasteiger partial charge >= 0.3 is 0 Å². The summed E-state index contributed by atoms with van der Waals surface area (Å²) in [6.07, 6.45) is 18.9. The van der Waals surface area contributed by atoms with Crippen LogP contribution in [-0.4, -0.2) is 103 Å². The predicted octanol–water partition coefficient (Wildman–Crippen LogP) is 20.3. The van der Waals surface area contributed by atoms with E-state index in [1.807, 2.05) is 103 Å². The average Bonchev–Trinajstić information content (AvgIpc) is 0.882. The number of aromatic hydroxyl groups is 5. The van der Waals surface area contributed by atoms with Crippen LogP contribution in [0, 0.1) is 0 Å². The number of phenolic OH excluding ortho intramolecular Hbond substituents is 4. The van der Waals surface area contributed by atoms with E-state index in [9.17, 15) is 25.5 Å². The third kappa shape index (κ3) is 37.1. The second kappa shape index (κ2) is 60.1. The zero-order valence-electron chi connectivity index (χ0n) is 69.0. The molecular formula is C93H132O17. The molecule has 17 heteroatoms. The van der Waals surface area contributed by atoms with Crippen molar-refractivity contribution in [2.75, 3.05) is 56.9 Å². The van der Waals surface area contributed by atoms with E-state index in [0.29, 0.717) is 22.8 Å². The minimum absolute atomic E-state index is 0.00370. The van der Waals surface area contributed by atoms with Crippen molar-refractivity contribution < 1.29 is 83.9 Å². The first-order valence-corrected chi connectivity index (χ1v) is 38.5. The number of aryl methyl sites for hydroxylation is 9. The molecule has 0 heterocycles. The van der Waals surface area contributed by atoms with Gasteiger partial charge in [-0.25, -0.2) is 0 Å². The van der Waals surface area contributed by atoms with Gasteiger partial charge in [0.25, 0.3) is 0 Å². The summed E-state index contributed by atoms with van der Waals surface area (Å²) < 4.78 is 40.5. The van der Waals surface area contributed by atoms with Crippen molar-refractivity contribution in [1.29, 1.82) is 0 Å².